The molecular formula is C28H20Cl2F3N3O4. The Labute approximate surface area is 237 Å². The van der Waals surface area contributed by atoms with Gasteiger partial charge in [-0.05, 0) is 54.1 Å². The fourth-order valence-corrected chi connectivity index (χ4v) is 3.62. The average Bonchev–Trinajstić information content (AvgIpc) is 2.89. The summed E-state index contributed by atoms with van der Waals surface area (Å²) in [4.78, 5) is 36.5. The van der Waals surface area contributed by atoms with Gasteiger partial charge >= 0.3 is 12.1 Å². The molecule has 0 heterocycles. The van der Waals surface area contributed by atoms with Gasteiger partial charge in [-0.15, -0.1) is 0 Å². The first-order chi connectivity index (χ1) is 18.9. The number of hydrogen-bond donors (Lipinski definition) is 2. The van der Waals surface area contributed by atoms with Crippen molar-refractivity contribution in [2.24, 2.45) is 5.10 Å². The predicted octanol–water partition coefficient (Wildman–Crippen LogP) is 6.33. The number of alkyl halides is 3. The summed E-state index contributed by atoms with van der Waals surface area (Å²) in [6.07, 6.45) is -3.32. The van der Waals surface area contributed by atoms with Crippen LogP contribution in [0.4, 0.5) is 18.9 Å². The number of hydrazone groups is 1. The Morgan fingerprint density at radius 1 is 1.02 bits per heavy atom. The lowest BCUT2D eigenvalue weighted by molar-refractivity contribution is -0.140. The number of anilines is 1. The van der Waals surface area contributed by atoms with E-state index in [1.807, 2.05) is 0 Å². The van der Waals surface area contributed by atoms with E-state index in [1.165, 1.54) is 31.2 Å². The lowest BCUT2D eigenvalue weighted by atomic mass is 10.1. The van der Waals surface area contributed by atoms with Gasteiger partial charge in [0, 0.05) is 29.5 Å². The summed E-state index contributed by atoms with van der Waals surface area (Å²) in [7, 11) is 0. The zero-order valence-electron chi connectivity index (χ0n) is 20.7. The lowest BCUT2D eigenvalue weighted by Gasteiger charge is -2.11. The SMILES string of the molecule is CC(=O)OCCC#Cc1cccc(C(=O)Nc2ccc(Cl)cc2C(=O)N/N=C\c2ccc(Cl)c(C(F)(F)F)c2)c1. The van der Waals surface area contributed by atoms with Crippen LogP contribution in [0.15, 0.2) is 65.8 Å². The van der Waals surface area contributed by atoms with E-state index in [1.54, 1.807) is 24.3 Å². The number of carbonyl (C=O) groups excluding carboxylic acids is 3. The topological polar surface area (TPSA) is 96.9 Å². The van der Waals surface area contributed by atoms with Crippen LogP contribution in [-0.4, -0.2) is 30.6 Å². The molecule has 0 aliphatic heterocycles. The molecule has 12 heteroatoms. The maximum Gasteiger partial charge on any atom is 0.417 e. The number of esters is 1. The fourth-order valence-electron chi connectivity index (χ4n) is 3.22. The van der Waals surface area contributed by atoms with Crippen molar-refractivity contribution in [2.75, 3.05) is 11.9 Å². The highest BCUT2D eigenvalue weighted by molar-refractivity contribution is 6.31. The number of amides is 2. The first-order valence-electron chi connectivity index (χ1n) is 11.5. The minimum atomic E-state index is -4.66. The summed E-state index contributed by atoms with van der Waals surface area (Å²) in [6.45, 7) is 1.46. The molecule has 0 saturated heterocycles. The van der Waals surface area contributed by atoms with Gasteiger partial charge in [-0.2, -0.15) is 18.3 Å². The number of ether oxygens (including phenoxy) is 1. The van der Waals surface area contributed by atoms with E-state index in [9.17, 15) is 27.6 Å². The van der Waals surface area contributed by atoms with Gasteiger partial charge in [0.1, 0.15) is 6.61 Å². The molecule has 0 aromatic heterocycles. The molecule has 0 saturated carbocycles. The average molecular weight is 590 g/mol. The standard InChI is InChI=1S/C28H20Cl2F3N3O4/c1-17(37)40-12-3-2-5-18-6-4-7-20(13-18)26(38)35-25-11-9-21(29)15-22(25)27(39)36-34-16-19-8-10-24(30)23(14-19)28(31,32)33/h4,6-11,13-16H,3,12H2,1H3,(H,35,38)(H,36,39)/b34-16-. The van der Waals surface area contributed by atoms with Crippen molar-refractivity contribution >= 4 is 52.9 Å². The van der Waals surface area contributed by atoms with Crippen LogP contribution in [0.1, 0.15) is 50.8 Å². The summed E-state index contributed by atoms with van der Waals surface area (Å²) >= 11 is 11.6. The number of nitrogens with zero attached hydrogens (tertiary/aromatic N) is 1. The third-order valence-electron chi connectivity index (χ3n) is 5.04. The molecule has 0 aliphatic rings. The van der Waals surface area contributed by atoms with Crippen molar-refractivity contribution < 1.29 is 32.3 Å². The molecule has 7 nitrogen and oxygen atoms in total. The molecule has 3 aromatic carbocycles. The van der Waals surface area contributed by atoms with E-state index in [4.69, 9.17) is 27.9 Å². The molecule has 0 atom stereocenters. The third kappa shape index (κ3) is 8.86. The number of rotatable bonds is 7. The van der Waals surface area contributed by atoms with Crippen LogP contribution < -0.4 is 10.7 Å². The molecule has 40 heavy (non-hydrogen) atoms. The smallest absolute Gasteiger partial charge is 0.417 e. The lowest BCUT2D eigenvalue weighted by Crippen LogP contribution is -2.21. The van der Waals surface area contributed by atoms with Gasteiger partial charge in [-0.1, -0.05) is 47.2 Å². The number of hydrogen-bond acceptors (Lipinski definition) is 5. The molecule has 0 radical (unpaired) electrons. The van der Waals surface area contributed by atoms with Crippen LogP contribution in [0.25, 0.3) is 0 Å². The zero-order chi connectivity index (χ0) is 29.3. The van der Waals surface area contributed by atoms with Crippen LogP contribution in [0, 0.1) is 11.8 Å². The Morgan fingerprint density at radius 3 is 2.52 bits per heavy atom. The Balaban J connectivity index is 1.72. The summed E-state index contributed by atoms with van der Waals surface area (Å²) in [6, 6.07) is 13.8. The highest BCUT2D eigenvalue weighted by atomic mass is 35.5. The summed E-state index contributed by atoms with van der Waals surface area (Å²) in [5.41, 5.74) is 2.10. The fraction of sp³-hybridized carbons (Fsp3) is 0.143. The van der Waals surface area contributed by atoms with Gasteiger partial charge < -0.3 is 10.1 Å². The molecule has 3 aromatic rings. The number of nitrogens with one attached hydrogen (secondary N) is 2. The van der Waals surface area contributed by atoms with Gasteiger partial charge in [0.05, 0.1) is 28.1 Å². The predicted molar refractivity (Wildman–Crippen MR) is 145 cm³/mol. The van der Waals surface area contributed by atoms with E-state index in [0.717, 1.165) is 18.3 Å². The number of carbonyl (C=O) groups is 3. The van der Waals surface area contributed by atoms with E-state index in [2.05, 4.69) is 27.7 Å². The van der Waals surface area contributed by atoms with Crippen molar-refractivity contribution in [1.29, 1.82) is 0 Å². The third-order valence-corrected chi connectivity index (χ3v) is 5.60. The normalized spacial score (nSPS) is 10.9. The van der Waals surface area contributed by atoms with Crippen molar-refractivity contribution in [3.05, 3.63) is 98.5 Å². The largest absolute Gasteiger partial charge is 0.465 e. The molecule has 0 unspecified atom stereocenters. The Bertz CT molecular complexity index is 1530. The van der Waals surface area contributed by atoms with Crippen molar-refractivity contribution in [2.45, 2.75) is 19.5 Å². The van der Waals surface area contributed by atoms with E-state index < -0.39 is 34.5 Å². The quantitative estimate of drug-likeness (QED) is 0.111. The molecule has 0 aliphatic carbocycles. The second-order valence-electron chi connectivity index (χ2n) is 8.05. The molecule has 0 fully saturated rings. The maximum atomic E-state index is 13.1. The minimum absolute atomic E-state index is 0.0356. The van der Waals surface area contributed by atoms with E-state index in [0.29, 0.717) is 12.0 Å². The Morgan fingerprint density at radius 2 is 1.80 bits per heavy atom. The van der Waals surface area contributed by atoms with Crippen molar-refractivity contribution in [1.82, 2.24) is 5.43 Å². The van der Waals surface area contributed by atoms with Crippen molar-refractivity contribution in [3.8, 4) is 11.8 Å². The van der Waals surface area contributed by atoms with Crippen LogP contribution in [0.3, 0.4) is 0 Å². The van der Waals surface area contributed by atoms with Gasteiger partial charge in [0.15, 0.2) is 0 Å². The summed E-state index contributed by atoms with van der Waals surface area (Å²) in [5, 5.41) is 6.07. The van der Waals surface area contributed by atoms with Crippen LogP contribution in [-0.2, 0) is 15.7 Å². The van der Waals surface area contributed by atoms with Gasteiger partial charge in [0.2, 0.25) is 0 Å². The van der Waals surface area contributed by atoms with Crippen LogP contribution >= 0.6 is 23.2 Å². The first kappa shape index (κ1) is 30.2. The van der Waals surface area contributed by atoms with E-state index in [-0.39, 0.29) is 34.0 Å². The second-order valence-corrected chi connectivity index (χ2v) is 8.90. The molecule has 0 spiro atoms. The molecule has 2 N–H and O–H groups in total. The highest BCUT2D eigenvalue weighted by Crippen LogP contribution is 2.34. The molecular weight excluding hydrogens is 570 g/mol. The van der Waals surface area contributed by atoms with Crippen LogP contribution in [0.5, 0.6) is 0 Å². The minimum Gasteiger partial charge on any atom is -0.465 e. The second kappa shape index (κ2) is 13.6. The molecule has 0 bridgehead atoms. The summed E-state index contributed by atoms with van der Waals surface area (Å²) < 4.78 is 44.0. The highest BCUT2D eigenvalue weighted by Gasteiger charge is 2.33. The maximum absolute atomic E-state index is 13.1. The first-order valence-corrected chi connectivity index (χ1v) is 12.2. The van der Waals surface area contributed by atoms with Gasteiger partial charge in [-0.3, -0.25) is 14.4 Å². The Hall–Kier alpha value is -4.33. The number of benzene rings is 3. The van der Waals surface area contributed by atoms with Crippen LogP contribution in [0.2, 0.25) is 10.0 Å². The zero-order valence-corrected chi connectivity index (χ0v) is 22.2. The Kier molecular flexibility index (Phi) is 10.3. The molecule has 2 amide bonds. The van der Waals surface area contributed by atoms with E-state index >= 15 is 0 Å². The van der Waals surface area contributed by atoms with Gasteiger partial charge in [0.25, 0.3) is 11.8 Å². The monoisotopic (exact) mass is 589 g/mol. The summed E-state index contributed by atoms with van der Waals surface area (Å²) in [5.74, 6) is 4.01. The van der Waals surface area contributed by atoms with Gasteiger partial charge in [-0.25, -0.2) is 5.43 Å². The molecule has 206 valence electrons. The molecule has 3 rings (SSSR count). The number of halogens is 5. The van der Waals surface area contributed by atoms with Crippen molar-refractivity contribution in [3.63, 3.8) is 0 Å².